The van der Waals surface area contributed by atoms with E-state index in [0.29, 0.717) is 5.89 Å². The van der Waals surface area contributed by atoms with Gasteiger partial charge in [0, 0.05) is 0 Å². The van der Waals surface area contributed by atoms with Gasteiger partial charge >= 0.3 is 0 Å². The minimum atomic E-state index is -0.222. The van der Waals surface area contributed by atoms with E-state index in [2.05, 4.69) is 10.1 Å². The number of rotatable bonds is 2. The van der Waals surface area contributed by atoms with Crippen LogP contribution in [0.1, 0.15) is 11.6 Å². The monoisotopic (exact) mass is 180 g/mol. The van der Waals surface area contributed by atoms with Crippen molar-refractivity contribution in [2.24, 2.45) is 0 Å². The molecule has 0 radical (unpaired) electrons. The molecule has 13 heavy (non-hydrogen) atoms. The van der Waals surface area contributed by atoms with Gasteiger partial charge in [-0.05, 0) is 13.0 Å². The number of hydrogen-bond donors (Lipinski definition) is 1. The Balaban J connectivity index is 2.35. The van der Waals surface area contributed by atoms with Crippen LogP contribution < -0.4 is 0 Å². The second-order valence-electron chi connectivity index (χ2n) is 2.62. The summed E-state index contributed by atoms with van der Waals surface area (Å²) in [5.41, 5.74) is 0.727. The van der Waals surface area contributed by atoms with Crippen molar-refractivity contribution in [2.45, 2.75) is 13.5 Å². The molecular weight excluding hydrogens is 172 g/mol. The standard InChI is InChI=1S/C8H8N2O3/c1-5-2-6(4-12-5)8-9-7(3-11)10-13-8/h2,4,11H,3H2,1H3. The molecule has 1 N–H and O–H groups in total. The Bertz CT molecular complexity index is 405. The lowest BCUT2D eigenvalue weighted by Crippen LogP contribution is -1.84. The highest BCUT2D eigenvalue weighted by Gasteiger charge is 2.09. The average molecular weight is 180 g/mol. The highest BCUT2D eigenvalue weighted by Crippen LogP contribution is 2.19. The fourth-order valence-electron chi connectivity index (χ4n) is 0.991. The van der Waals surface area contributed by atoms with E-state index < -0.39 is 0 Å². The van der Waals surface area contributed by atoms with Crippen molar-refractivity contribution in [3.63, 3.8) is 0 Å². The maximum atomic E-state index is 8.69. The third-order valence-electron chi connectivity index (χ3n) is 1.59. The Morgan fingerprint density at radius 2 is 2.38 bits per heavy atom. The molecule has 0 amide bonds. The normalized spacial score (nSPS) is 10.6. The average Bonchev–Trinajstić information content (AvgIpc) is 2.71. The molecule has 0 aliphatic carbocycles. The molecule has 0 saturated carbocycles. The van der Waals surface area contributed by atoms with Crippen LogP contribution in [-0.2, 0) is 6.61 Å². The molecule has 2 rings (SSSR count). The lowest BCUT2D eigenvalue weighted by molar-refractivity contribution is 0.264. The summed E-state index contributed by atoms with van der Waals surface area (Å²) >= 11 is 0. The van der Waals surface area contributed by atoms with Crippen LogP contribution in [0.25, 0.3) is 11.5 Å². The molecule has 0 unspecified atom stereocenters. The van der Waals surface area contributed by atoms with Crippen LogP contribution >= 0.6 is 0 Å². The second-order valence-corrected chi connectivity index (χ2v) is 2.62. The first kappa shape index (κ1) is 8.00. The zero-order valence-electron chi connectivity index (χ0n) is 7.02. The maximum absolute atomic E-state index is 8.69. The van der Waals surface area contributed by atoms with Gasteiger partial charge in [-0.3, -0.25) is 0 Å². The molecule has 0 atom stereocenters. The van der Waals surface area contributed by atoms with Gasteiger partial charge in [0.05, 0.1) is 5.56 Å². The summed E-state index contributed by atoms with van der Waals surface area (Å²) in [4.78, 5) is 3.92. The minimum absolute atomic E-state index is 0.222. The second kappa shape index (κ2) is 3.02. The van der Waals surface area contributed by atoms with Crippen LogP contribution in [0, 0.1) is 6.92 Å². The summed E-state index contributed by atoms with van der Waals surface area (Å²) in [6.07, 6.45) is 1.53. The molecule has 5 heteroatoms. The van der Waals surface area contributed by atoms with Gasteiger partial charge in [0.1, 0.15) is 18.6 Å². The van der Waals surface area contributed by atoms with E-state index in [0.717, 1.165) is 11.3 Å². The largest absolute Gasteiger partial charge is 0.469 e. The molecule has 5 nitrogen and oxygen atoms in total. The predicted octanol–water partition coefficient (Wildman–Crippen LogP) is 1.13. The molecule has 0 fully saturated rings. The van der Waals surface area contributed by atoms with Crippen molar-refractivity contribution >= 4 is 0 Å². The molecule has 2 aromatic heterocycles. The topological polar surface area (TPSA) is 72.3 Å². The van der Waals surface area contributed by atoms with Crippen molar-refractivity contribution in [3.8, 4) is 11.5 Å². The van der Waals surface area contributed by atoms with Crippen LogP contribution in [0.5, 0.6) is 0 Å². The van der Waals surface area contributed by atoms with Crippen LogP contribution in [0.15, 0.2) is 21.3 Å². The minimum Gasteiger partial charge on any atom is -0.469 e. The van der Waals surface area contributed by atoms with E-state index in [4.69, 9.17) is 14.0 Å². The van der Waals surface area contributed by atoms with Crippen LogP contribution in [0.4, 0.5) is 0 Å². The van der Waals surface area contributed by atoms with E-state index >= 15 is 0 Å². The molecule has 2 heterocycles. The lowest BCUT2D eigenvalue weighted by Gasteiger charge is -1.81. The van der Waals surface area contributed by atoms with Gasteiger partial charge in [0.2, 0.25) is 0 Å². The number of nitrogens with zero attached hydrogens (tertiary/aromatic N) is 2. The smallest absolute Gasteiger partial charge is 0.261 e. The van der Waals surface area contributed by atoms with E-state index in [1.807, 2.05) is 6.92 Å². The van der Waals surface area contributed by atoms with Crippen molar-refractivity contribution in [3.05, 3.63) is 23.9 Å². The van der Waals surface area contributed by atoms with Crippen LogP contribution in [-0.4, -0.2) is 15.2 Å². The van der Waals surface area contributed by atoms with E-state index in [1.54, 1.807) is 6.07 Å². The summed E-state index contributed by atoms with van der Waals surface area (Å²) < 4.78 is 9.95. The zero-order chi connectivity index (χ0) is 9.26. The first-order chi connectivity index (χ1) is 6.29. The quantitative estimate of drug-likeness (QED) is 0.749. The zero-order valence-corrected chi connectivity index (χ0v) is 7.02. The number of aliphatic hydroxyl groups is 1. The van der Waals surface area contributed by atoms with Gasteiger partial charge in [0.15, 0.2) is 5.82 Å². The number of aliphatic hydroxyl groups excluding tert-OH is 1. The molecule has 2 aromatic rings. The molecule has 0 aromatic carbocycles. The SMILES string of the molecule is Cc1cc(-c2nc(CO)no2)co1. The summed E-state index contributed by atoms with van der Waals surface area (Å²) in [5.74, 6) is 1.41. The molecule has 0 spiro atoms. The maximum Gasteiger partial charge on any atom is 0.261 e. The number of aryl methyl sites for hydroxylation is 1. The summed E-state index contributed by atoms with van der Waals surface area (Å²) in [7, 11) is 0. The first-order valence-electron chi connectivity index (χ1n) is 3.78. The van der Waals surface area contributed by atoms with E-state index in [1.165, 1.54) is 6.26 Å². The van der Waals surface area contributed by atoms with Gasteiger partial charge in [0.25, 0.3) is 5.89 Å². The molecule has 68 valence electrons. The molecule has 0 aliphatic rings. The summed E-state index contributed by atoms with van der Waals surface area (Å²) in [6.45, 7) is 1.60. The third-order valence-corrected chi connectivity index (χ3v) is 1.59. The Kier molecular flexibility index (Phi) is 1.86. The highest BCUT2D eigenvalue weighted by molar-refractivity contribution is 5.51. The Morgan fingerprint density at radius 1 is 1.54 bits per heavy atom. The Labute approximate surface area is 74.0 Å². The molecule has 0 bridgehead atoms. The number of aromatic nitrogens is 2. The van der Waals surface area contributed by atoms with Gasteiger partial charge in [-0.1, -0.05) is 5.16 Å². The first-order valence-corrected chi connectivity index (χ1v) is 3.78. The Hall–Kier alpha value is -1.62. The molecule has 0 aliphatic heterocycles. The van der Waals surface area contributed by atoms with E-state index in [9.17, 15) is 0 Å². The fourth-order valence-corrected chi connectivity index (χ4v) is 0.991. The fraction of sp³-hybridized carbons (Fsp3) is 0.250. The molecule has 0 saturated heterocycles. The lowest BCUT2D eigenvalue weighted by atomic mass is 10.3. The van der Waals surface area contributed by atoms with Crippen molar-refractivity contribution in [1.29, 1.82) is 0 Å². The molecular formula is C8H8N2O3. The summed E-state index contributed by atoms with van der Waals surface area (Å²) in [5, 5.41) is 12.2. The number of hydrogen-bond acceptors (Lipinski definition) is 5. The van der Waals surface area contributed by atoms with Crippen molar-refractivity contribution < 1.29 is 14.0 Å². The van der Waals surface area contributed by atoms with E-state index in [-0.39, 0.29) is 12.4 Å². The highest BCUT2D eigenvalue weighted by atomic mass is 16.5. The third kappa shape index (κ3) is 1.46. The number of furan rings is 1. The van der Waals surface area contributed by atoms with Crippen molar-refractivity contribution in [1.82, 2.24) is 10.1 Å². The van der Waals surface area contributed by atoms with Crippen LogP contribution in [0.2, 0.25) is 0 Å². The summed E-state index contributed by atoms with van der Waals surface area (Å²) in [6, 6.07) is 1.79. The van der Waals surface area contributed by atoms with Crippen molar-refractivity contribution in [2.75, 3.05) is 0 Å². The predicted molar refractivity (Wildman–Crippen MR) is 42.7 cm³/mol. The van der Waals surface area contributed by atoms with Gasteiger partial charge in [-0.15, -0.1) is 0 Å². The Morgan fingerprint density at radius 3 is 2.92 bits per heavy atom. The van der Waals surface area contributed by atoms with Gasteiger partial charge < -0.3 is 14.0 Å². The van der Waals surface area contributed by atoms with Gasteiger partial charge in [-0.25, -0.2) is 0 Å². The van der Waals surface area contributed by atoms with Crippen LogP contribution in [0.3, 0.4) is 0 Å². The van der Waals surface area contributed by atoms with Gasteiger partial charge in [-0.2, -0.15) is 4.98 Å².